The number of anilines is 1. The zero-order valence-electron chi connectivity index (χ0n) is 14.8. The Kier molecular flexibility index (Phi) is 6.33. The van der Waals surface area contributed by atoms with Crippen molar-refractivity contribution in [1.82, 2.24) is 14.8 Å². The van der Waals surface area contributed by atoms with Gasteiger partial charge in [0.05, 0.1) is 11.9 Å². The van der Waals surface area contributed by atoms with E-state index in [9.17, 15) is 9.59 Å². The molecule has 0 aliphatic carbocycles. The molecule has 3 rings (SSSR count). The first-order valence-electron chi connectivity index (χ1n) is 8.99. The van der Waals surface area contributed by atoms with Crippen LogP contribution in [0.15, 0.2) is 54.9 Å². The lowest BCUT2D eigenvalue weighted by atomic mass is 10.2. The van der Waals surface area contributed by atoms with E-state index in [1.807, 2.05) is 41.3 Å². The molecule has 2 heterocycles. The molecule has 0 unspecified atom stereocenters. The van der Waals surface area contributed by atoms with Gasteiger partial charge in [0.1, 0.15) is 0 Å². The van der Waals surface area contributed by atoms with Gasteiger partial charge in [-0.3, -0.25) is 14.6 Å². The van der Waals surface area contributed by atoms with Crippen LogP contribution in [0.5, 0.6) is 0 Å². The fraction of sp³-hybridized carbons (Fsp3) is 0.350. The molecule has 136 valence electrons. The standard InChI is InChI=1S/C20H24N4O2/c25-19(22-18-8-4-10-21-16-18)9-13-23-11-5-12-24(15-14-23)20(26)17-6-2-1-3-7-17/h1-4,6-8,10,16H,5,9,11-15H2,(H,22,25). The van der Waals surface area contributed by atoms with Crippen LogP contribution in [0.4, 0.5) is 5.69 Å². The van der Waals surface area contributed by atoms with Gasteiger partial charge < -0.3 is 15.1 Å². The Bertz CT molecular complexity index is 721. The molecule has 0 saturated carbocycles. The second kappa shape index (κ2) is 9.10. The molecule has 1 N–H and O–H groups in total. The first-order chi connectivity index (χ1) is 12.7. The molecule has 0 atom stereocenters. The third-order valence-corrected chi connectivity index (χ3v) is 4.50. The van der Waals surface area contributed by atoms with Gasteiger partial charge in [-0.2, -0.15) is 0 Å². The summed E-state index contributed by atoms with van der Waals surface area (Å²) < 4.78 is 0. The van der Waals surface area contributed by atoms with Gasteiger partial charge in [-0.05, 0) is 37.2 Å². The molecule has 2 amide bonds. The predicted octanol–water partition coefficient (Wildman–Crippen LogP) is 2.26. The second-order valence-corrected chi connectivity index (χ2v) is 6.39. The Morgan fingerprint density at radius 1 is 1.00 bits per heavy atom. The van der Waals surface area contributed by atoms with Gasteiger partial charge in [0.2, 0.25) is 5.91 Å². The van der Waals surface area contributed by atoms with E-state index in [0.717, 1.165) is 31.6 Å². The molecule has 1 aromatic carbocycles. The Morgan fingerprint density at radius 3 is 2.62 bits per heavy atom. The molecule has 1 saturated heterocycles. The van der Waals surface area contributed by atoms with Crippen molar-refractivity contribution < 1.29 is 9.59 Å². The maximum absolute atomic E-state index is 12.6. The lowest BCUT2D eigenvalue weighted by Crippen LogP contribution is -2.36. The van der Waals surface area contributed by atoms with Gasteiger partial charge >= 0.3 is 0 Å². The predicted molar refractivity (Wildman–Crippen MR) is 101 cm³/mol. The highest BCUT2D eigenvalue weighted by molar-refractivity contribution is 5.94. The largest absolute Gasteiger partial charge is 0.337 e. The molecule has 26 heavy (non-hydrogen) atoms. The van der Waals surface area contributed by atoms with Crippen LogP contribution in [-0.2, 0) is 4.79 Å². The van der Waals surface area contributed by atoms with Crippen LogP contribution in [0.3, 0.4) is 0 Å². The van der Waals surface area contributed by atoms with E-state index in [1.165, 1.54) is 0 Å². The molecule has 6 heteroatoms. The van der Waals surface area contributed by atoms with E-state index in [-0.39, 0.29) is 11.8 Å². The van der Waals surface area contributed by atoms with Gasteiger partial charge in [0, 0.05) is 44.4 Å². The first kappa shape index (κ1) is 18.1. The van der Waals surface area contributed by atoms with Crippen molar-refractivity contribution >= 4 is 17.5 Å². The van der Waals surface area contributed by atoms with Crippen molar-refractivity contribution in [3.63, 3.8) is 0 Å². The molecule has 1 fully saturated rings. The number of pyridine rings is 1. The quantitative estimate of drug-likeness (QED) is 0.896. The highest BCUT2D eigenvalue weighted by atomic mass is 16.2. The minimum Gasteiger partial charge on any atom is -0.337 e. The Balaban J connectivity index is 1.45. The van der Waals surface area contributed by atoms with Gasteiger partial charge in [0.15, 0.2) is 0 Å². The zero-order valence-corrected chi connectivity index (χ0v) is 14.8. The summed E-state index contributed by atoms with van der Waals surface area (Å²) in [6.07, 6.45) is 4.66. The number of aromatic nitrogens is 1. The smallest absolute Gasteiger partial charge is 0.253 e. The van der Waals surface area contributed by atoms with Gasteiger partial charge in [-0.15, -0.1) is 0 Å². The fourth-order valence-corrected chi connectivity index (χ4v) is 3.08. The molecular weight excluding hydrogens is 328 g/mol. The van der Waals surface area contributed by atoms with Crippen LogP contribution >= 0.6 is 0 Å². The molecule has 2 aromatic rings. The monoisotopic (exact) mass is 352 g/mol. The van der Waals surface area contributed by atoms with Crippen molar-refractivity contribution in [1.29, 1.82) is 0 Å². The second-order valence-electron chi connectivity index (χ2n) is 6.39. The highest BCUT2D eigenvalue weighted by Gasteiger charge is 2.20. The average molecular weight is 352 g/mol. The molecule has 1 aromatic heterocycles. The van der Waals surface area contributed by atoms with Crippen molar-refractivity contribution in [2.75, 3.05) is 38.0 Å². The molecule has 0 spiro atoms. The molecular formula is C20H24N4O2. The van der Waals surface area contributed by atoms with Crippen molar-refractivity contribution in [3.8, 4) is 0 Å². The number of carbonyl (C=O) groups excluding carboxylic acids is 2. The van der Waals surface area contributed by atoms with E-state index in [4.69, 9.17) is 0 Å². The average Bonchev–Trinajstić information content (AvgIpc) is 2.93. The van der Waals surface area contributed by atoms with E-state index in [0.29, 0.717) is 25.2 Å². The van der Waals surface area contributed by atoms with Crippen LogP contribution in [0.25, 0.3) is 0 Å². The van der Waals surface area contributed by atoms with E-state index >= 15 is 0 Å². The van der Waals surface area contributed by atoms with Crippen molar-refractivity contribution in [3.05, 3.63) is 60.4 Å². The lowest BCUT2D eigenvalue weighted by molar-refractivity contribution is -0.116. The van der Waals surface area contributed by atoms with E-state index in [1.54, 1.807) is 18.5 Å². The number of hydrogen-bond acceptors (Lipinski definition) is 4. The Hall–Kier alpha value is -2.73. The summed E-state index contributed by atoms with van der Waals surface area (Å²) in [6, 6.07) is 13.0. The fourth-order valence-electron chi connectivity index (χ4n) is 3.08. The molecule has 1 aliphatic rings. The van der Waals surface area contributed by atoms with Crippen LogP contribution < -0.4 is 5.32 Å². The van der Waals surface area contributed by atoms with Gasteiger partial charge in [-0.1, -0.05) is 18.2 Å². The Morgan fingerprint density at radius 2 is 1.85 bits per heavy atom. The maximum atomic E-state index is 12.6. The number of carbonyl (C=O) groups is 2. The molecule has 0 bridgehead atoms. The summed E-state index contributed by atoms with van der Waals surface area (Å²) in [5.41, 5.74) is 1.45. The van der Waals surface area contributed by atoms with E-state index < -0.39 is 0 Å². The minimum absolute atomic E-state index is 0.0144. The third kappa shape index (κ3) is 5.13. The van der Waals surface area contributed by atoms with Crippen molar-refractivity contribution in [2.24, 2.45) is 0 Å². The maximum Gasteiger partial charge on any atom is 0.253 e. The highest BCUT2D eigenvalue weighted by Crippen LogP contribution is 2.10. The SMILES string of the molecule is O=C(CCN1CCCN(C(=O)c2ccccc2)CC1)Nc1cccnc1. The summed E-state index contributed by atoms with van der Waals surface area (Å²) in [4.78, 5) is 32.8. The lowest BCUT2D eigenvalue weighted by Gasteiger charge is -2.22. The number of benzene rings is 1. The van der Waals surface area contributed by atoms with Crippen LogP contribution in [0, 0.1) is 0 Å². The van der Waals surface area contributed by atoms with Crippen LogP contribution in [0.1, 0.15) is 23.2 Å². The molecule has 0 radical (unpaired) electrons. The summed E-state index contributed by atoms with van der Waals surface area (Å²) in [7, 11) is 0. The first-order valence-corrected chi connectivity index (χ1v) is 8.99. The number of rotatable bonds is 5. The molecule has 1 aliphatic heterocycles. The number of nitrogens with zero attached hydrogens (tertiary/aromatic N) is 3. The summed E-state index contributed by atoms with van der Waals surface area (Å²) >= 11 is 0. The van der Waals surface area contributed by atoms with E-state index in [2.05, 4.69) is 15.2 Å². The van der Waals surface area contributed by atoms with Gasteiger partial charge in [-0.25, -0.2) is 0 Å². The Labute approximate surface area is 153 Å². The number of amides is 2. The third-order valence-electron chi connectivity index (χ3n) is 4.50. The number of nitrogens with one attached hydrogen (secondary N) is 1. The summed E-state index contributed by atoms with van der Waals surface area (Å²) in [5, 5.41) is 2.85. The topological polar surface area (TPSA) is 65.5 Å². The summed E-state index contributed by atoms with van der Waals surface area (Å²) in [6.45, 7) is 3.83. The molecule has 6 nitrogen and oxygen atoms in total. The van der Waals surface area contributed by atoms with Crippen LogP contribution in [-0.4, -0.2) is 59.3 Å². The normalized spacial score (nSPS) is 15.3. The minimum atomic E-state index is -0.0144. The number of hydrogen-bond donors (Lipinski definition) is 1. The zero-order chi connectivity index (χ0) is 18.2. The summed E-state index contributed by atoms with van der Waals surface area (Å²) in [5.74, 6) is 0.0706. The van der Waals surface area contributed by atoms with Gasteiger partial charge in [0.25, 0.3) is 5.91 Å². The van der Waals surface area contributed by atoms with Crippen molar-refractivity contribution in [2.45, 2.75) is 12.8 Å². The van der Waals surface area contributed by atoms with Crippen LogP contribution in [0.2, 0.25) is 0 Å².